The summed E-state index contributed by atoms with van der Waals surface area (Å²) in [7, 11) is 0. The molecule has 0 bridgehead atoms. The fourth-order valence-electron chi connectivity index (χ4n) is 1.23. The van der Waals surface area contributed by atoms with Crippen LogP contribution in [-0.4, -0.2) is 19.6 Å². The quantitative estimate of drug-likeness (QED) is 0.510. The van der Waals surface area contributed by atoms with Gasteiger partial charge in [-0.2, -0.15) is 0 Å². The Labute approximate surface area is 140 Å². The zero-order valence-corrected chi connectivity index (χ0v) is 12.9. The molecule has 1 rings (SSSR count). The molecule has 0 atom stereocenters. The summed E-state index contributed by atoms with van der Waals surface area (Å²) in [6.07, 6.45) is -0.00101. The van der Waals surface area contributed by atoms with E-state index < -0.39 is 18.4 Å². The number of hydrogen-bond donors (Lipinski definition) is 0. The van der Waals surface area contributed by atoms with Gasteiger partial charge in [-0.25, -0.2) is 0 Å². The van der Waals surface area contributed by atoms with E-state index in [9.17, 15) is 17.7 Å². The zero-order chi connectivity index (χ0) is 12.2. The predicted molar refractivity (Wildman–Crippen MR) is 55.5 cm³/mol. The van der Waals surface area contributed by atoms with E-state index in [-0.39, 0.29) is 64.4 Å². The third-order valence-corrected chi connectivity index (χ3v) is 2.01. The minimum absolute atomic E-state index is 0. The van der Waals surface area contributed by atoms with E-state index in [1.807, 2.05) is 0 Å². The van der Waals surface area contributed by atoms with Gasteiger partial charge in [0.1, 0.15) is 0 Å². The number of carbonyl (C=O) groups is 1. The summed E-state index contributed by atoms with van der Waals surface area (Å²) in [6, 6.07) is 4.55. The SMILES string of the molecule is CCOC(=O)Cc1ccc([B-](F)(F)F)cc1.[K+]. The molecule has 7 heteroatoms. The number of carbonyl (C=O) groups excluding carboxylic acids is 1. The molecule has 0 N–H and O–H groups in total. The van der Waals surface area contributed by atoms with Crippen LogP contribution in [0.2, 0.25) is 0 Å². The van der Waals surface area contributed by atoms with Crippen molar-refractivity contribution in [2.75, 3.05) is 6.61 Å². The van der Waals surface area contributed by atoms with Gasteiger partial charge in [-0.05, 0) is 12.5 Å². The monoisotopic (exact) mass is 270 g/mol. The van der Waals surface area contributed by atoms with Crippen LogP contribution in [0.4, 0.5) is 12.9 Å². The summed E-state index contributed by atoms with van der Waals surface area (Å²) in [4.78, 5) is 11.1. The van der Waals surface area contributed by atoms with Gasteiger partial charge in [0.05, 0.1) is 13.0 Å². The summed E-state index contributed by atoms with van der Waals surface area (Å²) in [5.74, 6) is -0.437. The van der Waals surface area contributed by atoms with E-state index in [0.717, 1.165) is 12.1 Å². The van der Waals surface area contributed by atoms with E-state index in [2.05, 4.69) is 4.74 Å². The molecule has 0 aromatic heterocycles. The Morgan fingerprint density at radius 3 is 2.18 bits per heavy atom. The van der Waals surface area contributed by atoms with Crippen LogP contribution < -0.4 is 56.8 Å². The zero-order valence-electron chi connectivity index (χ0n) is 9.75. The first-order chi connectivity index (χ1) is 7.43. The summed E-state index contributed by atoms with van der Waals surface area (Å²) < 4.78 is 41.5. The minimum Gasteiger partial charge on any atom is -0.466 e. The fraction of sp³-hybridized carbons (Fsp3) is 0.300. The third-order valence-electron chi connectivity index (χ3n) is 2.01. The number of benzene rings is 1. The maximum Gasteiger partial charge on any atom is 1.00 e. The Morgan fingerprint density at radius 1 is 1.24 bits per heavy atom. The summed E-state index contributed by atoms with van der Waals surface area (Å²) in [6.45, 7) is -3.03. The predicted octanol–water partition coefficient (Wildman–Crippen LogP) is -1.15. The molecule has 0 radical (unpaired) electrons. The summed E-state index contributed by atoms with van der Waals surface area (Å²) >= 11 is 0. The van der Waals surface area contributed by atoms with Gasteiger partial charge in [0.25, 0.3) is 0 Å². The van der Waals surface area contributed by atoms with Gasteiger partial charge in [-0.15, -0.1) is 5.46 Å². The molecule has 0 spiro atoms. The second-order valence-corrected chi connectivity index (χ2v) is 3.30. The third kappa shape index (κ3) is 6.06. The van der Waals surface area contributed by atoms with Crippen LogP contribution in [0.1, 0.15) is 12.5 Å². The smallest absolute Gasteiger partial charge is 0.466 e. The van der Waals surface area contributed by atoms with Crippen LogP contribution in [0.25, 0.3) is 0 Å². The van der Waals surface area contributed by atoms with Gasteiger partial charge in [-0.3, -0.25) is 4.79 Å². The normalized spacial score (nSPS) is 10.6. The van der Waals surface area contributed by atoms with Crippen molar-refractivity contribution >= 4 is 18.4 Å². The topological polar surface area (TPSA) is 26.3 Å². The Balaban J connectivity index is 0.00000256. The average molecular weight is 270 g/mol. The first kappa shape index (κ1) is 17.2. The molecule has 0 fully saturated rings. The fourth-order valence-corrected chi connectivity index (χ4v) is 1.23. The van der Waals surface area contributed by atoms with Gasteiger partial charge in [0.2, 0.25) is 0 Å². The van der Waals surface area contributed by atoms with E-state index in [1.54, 1.807) is 6.92 Å². The largest absolute Gasteiger partial charge is 1.00 e. The molecule has 17 heavy (non-hydrogen) atoms. The number of esters is 1. The van der Waals surface area contributed by atoms with Crippen molar-refractivity contribution in [3.05, 3.63) is 29.8 Å². The van der Waals surface area contributed by atoms with Gasteiger partial charge in [0, 0.05) is 0 Å². The molecule has 1 aromatic rings. The van der Waals surface area contributed by atoms with E-state index >= 15 is 0 Å². The molecule has 1 aromatic carbocycles. The molecule has 2 nitrogen and oxygen atoms in total. The van der Waals surface area contributed by atoms with Crippen molar-refractivity contribution in [2.45, 2.75) is 13.3 Å². The van der Waals surface area contributed by atoms with Gasteiger partial charge >= 0.3 is 64.3 Å². The molecular weight excluding hydrogens is 259 g/mol. The summed E-state index contributed by atoms with van der Waals surface area (Å²) in [5, 5.41) is 0. The van der Waals surface area contributed by atoms with E-state index in [0.29, 0.717) is 5.56 Å². The van der Waals surface area contributed by atoms with Crippen LogP contribution in [0.3, 0.4) is 0 Å². The van der Waals surface area contributed by atoms with Crippen LogP contribution in [0.15, 0.2) is 24.3 Å². The Hall–Kier alpha value is 0.181. The molecule has 0 saturated heterocycles. The first-order valence-corrected chi connectivity index (χ1v) is 4.88. The van der Waals surface area contributed by atoms with Crippen molar-refractivity contribution in [3.63, 3.8) is 0 Å². The van der Waals surface area contributed by atoms with E-state index in [4.69, 9.17) is 0 Å². The molecule has 0 unspecified atom stereocenters. The van der Waals surface area contributed by atoms with Crippen LogP contribution in [0, 0.1) is 0 Å². The van der Waals surface area contributed by atoms with Gasteiger partial charge in [-0.1, -0.05) is 24.3 Å². The Kier molecular flexibility index (Phi) is 7.66. The molecule has 0 aliphatic carbocycles. The molecule has 0 amide bonds. The van der Waals surface area contributed by atoms with Crippen LogP contribution in [-0.2, 0) is 16.0 Å². The van der Waals surface area contributed by atoms with Crippen molar-refractivity contribution in [2.24, 2.45) is 0 Å². The van der Waals surface area contributed by atoms with Crippen molar-refractivity contribution in [3.8, 4) is 0 Å². The molecule has 0 aliphatic heterocycles. The number of ether oxygens (including phenoxy) is 1. The molecule has 88 valence electrons. The van der Waals surface area contributed by atoms with E-state index in [1.165, 1.54) is 12.1 Å². The van der Waals surface area contributed by atoms with Crippen molar-refractivity contribution in [1.82, 2.24) is 0 Å². The second kappa shape index (κ2) is 7.58. The van der Waals surface area contributed by atoms with Gasteiger partial charge < -0.3 is 17.7 Å². The first-order valence-electron chi connectivity index (χ1n) is 4.88. The molecule has 0 heterocycles. The molecular formula is C10H11BF3KO2. The molecule has 0 aliphatic rings. The summed E-state index contributed by atoms with van der Waals surface area (Å²) in [5.41, 5.74) is -0.144. The van der Waals surface area contributed by atoms with Crippen molar-refractivity contribution < 1.29 is 73.9 Å². The maximum absolute atomic E-state index is 12.3. The Bertz CT molecular complexity index is 365. The van der Waals surface area contributed by atoms with Crippen LogP contribution in [0.5, 0.6) is 0 Å². The molecule has 0 saturated carbocycles. The second-order valence-electron chi connectivity index (χ2n) is 3.30. The van der Waals surface area contributed by atoms with Crippen molar-refractivity contribution in [1.29, 1.82) is 0 Å². The van der Waals surface area contributed by atoms with Crippen LogP contribution >= 0.6 is 0 Å². The number of hydrogen-bond acceptors (Lipinski definition) is 2. The van der Waals surface area contributed by atoms with Gasteiger partial charge in [0.15, 0.2) is 0 Å². The average Bonchev–Trinajstić information content (AvgIpc) is 2.17. The number of halogens is 3. The maximum atomic E-state index is 12.3. The standard InChI is InChI=1S/C10H11BF3O2.K/c1-2-16-10(15)7-8-3-5-9(6-4-8)11(12,13)14;/h3-6H,2,7H2,1H3;/q-1;+1. The Morgan fingerprint density at radius 2 is 1.76 bits per heavy atom. The number of rotatable bonds is 4. The minimum atomic E-state index is -4.97.